The second-order valence-corrected chi connectivity index (χ2v) is 4.44. The first kappa shape index (κ1) is 12.6. The maximum atomic E-state index is 12.4. The quantitative estimate of drug-likeness (QED) is 0.852. The molecule has 0 spiro atoms. The van der Waals surface area contributed by atoms with Crippen LogP contribution in [0, 0.1) is 0 Å². The summed E-state index contributed by atoms with van der Waals surface area (Å²) in [6.07, 6.45) is 1.63. The highest BCUT2D eigenvalue weighted by Crippen LogP contribution is 2.13. The van der Waals surface area contributed by atoms with Crippen molar-refractivity contribution in [1.82, 2.24) is 10.2 Å². The molecule has 1 aliphatic rings. The normalized spacial score (nSPS) is 16.1. The predicted octanol–water partition coefficient (Wildman–Crippen LogP) is 1.21. The van der Waals surface area contributed by atoms with Gasteiger partial charge < -0.3 is 10.2 Å². The average Bonchev–Trinajstić information content (AvgIpc) is 2.62. The Balaban J connectivity index is 2.21. The van der Waals surface area contributed by atoms with E-state index < -0.39 is 0 Å². The van der Waals surface area contributed by atoms with Crippen LogP contribution in [0.3, 0.4) is 0 Å². The number of carbonyl (C=O) groups is 2. The fraction of sp³-hybridized carbons (Fsp3) is 0.429. The van der Waals surface area contributed by atoms with Crippen LogP contribution in [0.4, 0.5) is 0 Å². The third-order valence-electron chi connectivity index (χ3n) is 3.18. The third-order valence-corrected chi connectivity index (χ3v) is 3.18. The molecule has 1 aromatic carbocycles. The summed E-state index contributed by atoms with van der Waals surface area (Å²) in [5.74, 6) is -0.112. The van der Waals surface area contributed by atoms with Crippen molar-refractivity contribution in [3.8, 4) is 0 Å². The van der Waals surface area contributed by atoms with Crippen LogP contribution in [0.15, 0.2) is 24.3 Å². The van der Waals surface area contributed by atoms with Gasteiger partial charge in [0.2, 0.25) is 5.91 Å². The lowest BCUT2D eigenvalue weighted by Crippen LogP contribution is -2.37. The fourth-order valence-corrected chi connectivity index (χ4v) is 2.19. The van der Waals surface area contributed by atoms with E-state index in [0.717, 1.165) is 24.0 Å². The monoisotopic (exact) mass is 246 g/mol. The molecule has 1 aromatic rings. The van der Waals surface area contributed by atoms with Gasteiger partial charge in [-0.25, -0.2) is 0 Å². The Morgan fingerprint density at radius 1 is 1.39 bits per heavy atom. The number of rotatable bonds is 2. The Hall–Kier alpha value is -1.84. The van der Waals surface area contributed by atoms with Gasteiger partial charge in [-0.1, -0.05) is 25.1 Å². The van der Waals surface area contributed by atoms with Crippen LogP contribution in [0.1, 0.15) is 29.3 Å². The Morgan fingerprint density at radius 2 is 2.17 bits per heavy atom. The van der Waals surface area contributed by atoms with E-state index in [1.165, 1.54) is 0 Å². The number of carbonyl (C=O) groups excluding carboxylic acids is 2. The number of benzene rings is 1. The lowest BCUT2D eigenvalue weighted by atomic mass is 10.0. The molecule has 1 aliphatic heterocycles. The van der Waals surface area contributed by atoms with Crippen molar-refractivity contribution in [2.75, 3.05) is 19.6 Å². The minimum atomic E-state index is -0.0742. The lowest BCUT2D eigenvalue weighted by molar-refractivity contribution is -0.121. The van der Waals surface area contributed by atoms with Gasteiger partial charge >= 0.3 is 0 Å². The molecule has 0 radical (unpaired) electrons. The highest BCUT2D eigenvalue weighted by Gasteiger charge is 2.22. The third kappa shape index (κ3) is 2.70. The van der Waals surface area contributed by atoms with Crippen LogP contribution in [-0.2, 0) is 11.2 Å². The van der Waals surface area contributed by atoms with Gasteiger partial charge in [-0.3, -0.25) is 9.59 Å². The molecule has 0 saturated carbocycles. The van der Waals surface area contributed by atoms with Crippen molar-refractivity contribution < 1.29 is 9.59 Å². The number of aryl methyl sites for hydroxylation is 1. The van der Waals surface area contributed by atoms with Gasteiger partial charge in [-0.2, -0.15) is 0 Å². The molecule has 1 heterocycles. The minimum absolute atomic E-state index is 0.0375. The molecule has 1 saturated heterocycles. The summed E-state index contributed by atoms with van der Waals surface area (Å²) < 4.78 is 0. The predicted molar refractivity (Wildman–Crippen MR) is 69.4 cm³/mol. The summed E-state index contributed by atoms with van der Waals surface area (Å²) in [6, 6.07) is 7.60. The summed E-state index contributed by atoms with van der Waals surface area (Å²) in [6.45, 7) is 3.48. The van der Waals surface area contributed by atoms with Gasteiger partial charge in [0, 0.05) is 18.7 Å². The van der Waals surface area contributed by atoms with Gasteiger partial charge in [-0.15, -0.1) is 0 Å². The molecule has 18 heavy (non-hydrogen) atoms. The molecule has 1 fully saturated rings. The van der Waals surface area contributed by atoms with E-state index >= 15 is 0 Å². The van der Waals surface area contributed by atoms with E-state index in [4.69, 9.17) is 0 Å². The molecule has 0 unspecified atom stereocenters. The Labute approximate surface area is 107 Å². The number of hydrogen-bond acceptors (Lipinski definition) is 2. The van der Waals surface area contributed by atoms with Gasteiger partial charge in [0.15, 0.2) is 0 Å². The molecule has 0 bridgehead atoms. The van der Waals surface area contributed by atoms with E-state index in [2.05, 4.69) is 5.32 Å². The molecular formula is C14H18N2O2. The highest BCUT2D eigenvalue weighted by molar-refractivity contribution is 5.97. The lowest BCUT2D eigenvalue weighted by Gasteiger charge is -2.20. The van der Waals surface area contributed by atoms with Crippen LogP contribution < -0.4 is 5.32 Å². The SMILES string of the molecule is CCc1ccccc1C(=O)N1CCCNC(=O)C1. The molecule has 0 atom stereocenters. The van der Waals surface area contributed by atoms with Gasteiger partial charge in [0.05, 0.1) is 6.54 Å². The zero-order chi connectivity index (χ0) is 13.0. The van der Waals surface area contributed by atoms with Gasteiger partial charge in [0.1, 0.15) is 0 Å². The first-order valence-electron chi connectivity index (χ1n) is 6.36. The summed E-state index contributed by atoms with van der Waals surface area (Å²) in [5, 5.41) is 2.78. The zero-order valence-corrected chi connectivity index (χ0v) is 10.6. The molecule has 2 rings (SSSR count). The van der Waals surface area contributed by atoms with Crippen molar-refractivity contribution in [1.29, 1.82) is 0 Å². The Bertz CT molecular complexity index is 457. The topological polar surface area (TPSA) is 49.4 Å². The second kappa shape index (κ2) is 5.67. The maximum absolute atomic E-state index is 12.4. The molecule has 4 nitrogen and oxygen atoms in total. The van der Waals surface area contributed by atoms with Crippen LogP contribution in [0.25, 0.3) is 0 Å². The summed E-state index contributed by atoms with van der Waals surface area (Å²) >= 11 is 0. The van der Waals surface area contributed by atoms with Crippen LogP contribution in [-0.4, -0.2) is 36.3 Å². The number of nitrogens with zero attached hydrogens (tertiary/aromatic N) is 1. The average molecular weight is 246 g/mol. The van der Waals surface area contributed by atoms with Crippen LogP contribution in [0.5, 0.6) is 0 Å². The molecule has 4 heteroatoms. The second-order valence-electron chi connectivity index (χ2n) is 4.44. The zero-order valence-electron chi connectivity index (χ0n) is 10.6. The Morgan fingerprint density at radius 3 is 2.94 bits per heavy atom. The summed E-state index contributed by atoms with van der Waals surface area (Å²) in [5.41, 5.74) is 1.75. The first-order chi connectivity index (χ1) is 8.72. The molecule has 0 aromatic heterocycles. The smallest absolute Gasteiger partial charge is 0.254 e. The number of hydrogen-bond donors (Lipinski definition) is 1. The van der Waals surface area contributed by atoms with Crippen LogP contribution >= 0.6 is 0 Å². The van der Waals surface area contributed by atoms with Crippen LogP contribution in [0.2, 0.25) is 0 Å². The summed E-state index contributed by atoms with van der Waals surface area (Å²) in [7, 11) is 0. The van der Waals surface area contributed by atoms with Crippen molar-refractivity contribution >= 4 is 11.8 Å². The van der Waals surface area contributed by atoms with E-state index in [1.54, 1.807) is 4.90 Å². The minimum Gasteiger partial charge on any atom is -0.354 e. The van der Waals surface area contributed by atoms with Gasteiger partial charge in [0.25, 0.3) is 5.91 Å². The largest absolute Gasteiger partial charge is 0.354 e. The number of nitrogens with one attached hydrogen (secondary N) is 1. The van der Waals surface area contributed by atoms with Gasteiger partial charge in [-0.05, 0) is 24.5 Å². The number of amides is 2. The standard InChI is InChI=1S/C14H18N2O2/c1-2-11-6-3-4-7-12(11)14(18)16-9-5-8-15-13(17)10-16/h3-4,6-7H,2,5,8-10H2,1H3,(H,15,17). The Kier molecular flexibility index (Phi) is 3.97. The van der Waals surface area contributed by atoms with E-state index in [1.807, 2.05) is 31.2 Å². The molecule has 96 valence electrons. The first-order valence-corrected chi connectivity index (χ1v) is 6.36. The van der Waals surface area contributed by atoms with Crippen molar-refractivity contribution in [3.63, 3.8) is 0 Å². The van der Waals surface area contributed by atoms with E-state index in [-0.39, 0.29) is 18.4 Å². The van der Waals surface area contributed by atoms with Crippen molar-refractivity contribution in [2.45, 2.75) is 19.8 Å². The van der Waals surface area contributed by atoms with E-state index in [0.29, 0.717) is 13.1 Å². The molecule has 1 N–H and O–H groups in total. The molecule has 2 amide bonds. The van der Waals surface area contributed by atoms with E-state index in [9.17, 15) is 9.59 Å². The molecular weight excluding hydrogens is 228 g/mol. The molecule has 0 aliphatic carbocycles. The van der Waals surface area contributed by atoms with Crippen molar-refractivity contribution in [2.24, 2.45) is 0 Å². The fourth-order valence-electron chi connectivity index (χ4n) is 2.19. The highest BCUT2D eigenvalue weighted by atomic mass is 16.2. The maximum Gasteiger partial charge on any atom is 0.254 e. The summed E-state index contributed by atoms with van der Waals surface area (Å²) in [4.78, 5) is 25.5. The van der Waals surface area contributed by atoms with Crippen molar-refractivity contribution in [3.05, 3.63) is 35.4 Å².